The molecule has 0 unspecified atom stereocenters. The molecule has 0 fully saturated rings. The molecule has 1 amide bonds. The van der Waals surface area contributed by atoms with E-state index in [1.54, 1.807) is 31.2 Å². The predicted molar refractivity (Wildman–Crippen MR) is 83.0 cm³/mol. The van der Waals surface area contributed by atoms with Gasteiger partial charge in [0.15, 0.2) is 5.41 Å². The van der Waals surface area contributed by atoms with Gasteiger partial charge in [-0.1, -0.05) is 18.2 Å². The van der Waals surface area contributed by atoms with Crippen LogP contribution in [0.2, 0.25) is 0 Å². The molecular formula is C17H11N3O4. The van der Waals surface area contributed by atoms with Crippen molar-refractivity contribution in [2.45, 2.75) is 12.3 Å². The number of hydrogen-bond donors (Lipinski definition) is 2. The number of nitrogens with two attached hydrogens (primary N) is 1. The molecule has 4 rings (SSSR count). The van der Waals surface area contributed by atoms with Gasteiger partial charge in [-0.25, -0.2) is 4.79 Å². The summed E-state index contributed by atoms with van der Waals surface area (Å²) >= 11 is 0. The molecule has 7 heteroatoms. The molecule has 1 aromatic carbocycles. The van der Waals surface area contributed by atoms with E-state index in [0.29, 0.717) is 17.0 Å². The van der Waals surface area contributed by atoms with Crippen molar-refractivity contribution in [2.75, 3.05) is 5.32 Å². The summed E-state index contributed by atoms with van der Waals surface area (Å²) in [5.74, 6) is -0.313. The van der Waals surface area contributed by atoms with Crippen LogP contribution in [0.4, 0.5) is 5.69 Å². The fourth-order valence-electron chi connectivity index (χ4n) is 3.37. The van der Waals surface area contributed by atoms with E-state index in [-0.39, 0.29) is 22.8 Å². The standard InChI is InChI=1S/C17H11N3O4/c1-8-6-12-13(15(21)23-8)17(10(7-18)14(19)24-12)9-4-2-3-5-11(9)20-16(17)22/h2-6H,19H2,1H3,(H,20,22)/t17-/m0/s1. The molecule has 2 aliphatic heterocycles. The van der Waals surface area contributed by atoms with E-state index < -0.39 is 16.9 Å². The molecule has 0 aliphatic carbocycles. The zero-order chi connectivity index (χ0) is 17.1. The van der Waals surface area contributed by atoms with Gasteiger partial charge in [0, 0.05) is 17.3 Å². The van der Waals surface area contributed by atoms with Crippen LogP contribution in [-0.4, -0.2) is 5.91 Å². The molecule has 0 bridgehead atoms. The van der Waals surface area contributed by atoms with Gasteiger partial charge >= 0.3 is 5.63 Å². The summed E-state index contributed by atoms with van der Waals surface area (Å²) in [6.45, 7) is 1.58. The van der Waals surface area contributed by atoms with Crippen molar-refractivity contribution >= 4 is 11.6 Å². The fourth-order valence-corrected chi connectivity index (χ4v) is 3.37. The number of nitrogens with one attached hydrogen (secondary N) is 1. The number of nitriles is 1. The summed E-state index contributed by atoms with van der Waals surface area (Å²) in [5.41, 5.74) is 4.30. The summed E-state index contributed by atoms with van der Waals surface area (Å²) in [4.78, 5) is 25.5. The zero-order valence-corrected chi connectivity index (χ0v) is 12.5. The molecule has 2 aliphatic rings. The van der Waals surface area contributed by atoms with Gasteiger partial charge in [0.25, 0.3) is 0 Å². The summed E-state index contributed by atoms with van der Waals surface area (Å²) in [6, 6.07) is 10.2. The Hall–Kier alpha value is -3.53. The maximum absolute atomic E-state index is 12.9. The first kappa shape index (κ1) is 14.1. The number of fused-ring (bicyclic) bond motifs is 4. The van der Waals surface area contributed by atoms with Gasteiger partial charge in [0.05, 0.1) is 0 Å². The number of rotatable bonds is 0. The molecule has 0 saturated heterocycles. The molecule has 3 N–H and O–H groups in total. The van der Waals surface area contributed by atoms with E-state index >= 15 is 0 Å². The highest BCUT2D eigenvalue weighted by Crippen LogP contribution is 2.51. The SMILES string of the molecule is Cc1cc2c(c(=O)o1)[C@@]1(C(=O)Nc3ccccc31)C(C#N)=C(N)O2. The van der Waals surface area contributed by atoms with Crippen molar-refractivity contribution in [2.24, 2.45) is 5.73 Å². The first-order valence-electron chi connectivity index (χ1n) is 7.14. The monoisotopic (exact) mass is 321 g/mol. The van der Waals surface area contributed by atoms with E-state index in [1.807, 2.05) is 6.07 Å². The summed E-state index contributed by atoms with van der Waals surface area (Å²) in [5, 5.41) is 12.3. The minimum absolute atomic E-state index is 0.0405. The van der Waals surface area contributed by atoms with Gasteiger partial charge in [-0.2, -0.15) is 5.26 Å². The molecule has 1 aromatic heterocycles. The second-order valence-corrected chi connectivity index (χ2v) is 5.59. The number of nitrogens with zero attached hydrogens (tertiary/aromatic N) is 1. The van der Waals surface area contributed by atoms with Gasteiger partial charge in [0.1, 0.15) is 28.7 Å². The number of benzene rings is 1. The lowest BCUT2D eigenvalue weighted by Crippen LogP contribution is -2.45. The van der Waals surface area contributed by atoms with Crippen LogP contribution in [-0.2, 0) is 10.2 Å². The Morgan fingerprint density at radius 1 is 1.29 bits per heavy atom. The summed E-state index contributed by atoms with van der Waals surface area (Å²) in [7, 11) is 0. The highest BCUT2D eigenvalue weighted by Gasteiger charge is 2.58. The van der Waals surface area contributed by atoms with Gasteiger partial charge in [0.2, 0.25) is 11.8 Å². The molecule has 3 heterocycles. The van der Waals surface area contributed by atoms with E-state index in [1.165, 1.54) is 6.07 Å². The first-order valence-corrected chi connectivity index (χ1v) is 7.14. The Bertz CT molecular complexity index is 1040. The number of para-hydroxylation sites is 1. The lowest BCUT2D eigenvalue weighted by molar-refractivity contribution is -0.118. The Morgan fingerprint density at radius 2 is 2.04 bits per heavy atom. The van der Waals surface area contributed by atoms with Crippen molar-refractivity contribution in [1.29, 1.82) is 5.26 Å². The lowest BCUT2D eigenvalue weighted by atomic mass is 9.69. The Labute approximate surface area is 136 Å². The lowest BCUT2D eigenvalue weighted by Gasteiger charge is -2.32. The molecule has 24 heavy (non-hydrogen) atoms. The Kier molecular flexibility index (Phi) is 2.63. The summed E-state index contributed by atoms with van der Waals surface area (Å²) < 4.78 is 10.6. The number of amides is 1. The van der Waals surface area contributed by atoms with Crippen molar-refractivity contribution < 1.29 is 13.9 Å². The third kappa shape index (κ3) is 1.49. The maximum atomic E-state index is 12.9. The topological polar surface area (TPSA) is 118 Å². The zero-order valence-electron chi connectivity index (χ0n) is 12.5. The molecular weight excluding hydrogens is 310 g/mol. The van der Waals surface area contributed by atoms with Gasteiger partial charge < -0.3 is 20.2 Å². The molecule has 7 nitrogen and oxygen atoms in total. The van der Waals surface area contributed by atoms with Gasteiger partial charge in [-0.05, 0) is 13.0 Å². The van der Waals surface area contributed by atoms with Crippen molar-refractivity contribution in [3.63, 3.8) is 0 Å². The van der Waals surface area contributed by atoms with Crippen LogP contribution in [0.25, 0.3) is 0 Å². The first-order chi connectivity index (χ1) is 11.5. The van der Waals surface area contributed by atoms with Crippen LogP contribution < -0.4 is 21.4 Å². The number of aryl methyl sites for hydroxylation is 1. The number of hydrogen-bond acceptors (Lipinski definition) is 6. The third-order valence-corrected chi connectivity index (χ3v) is 4.29. The highest BCUT2D eigenvalue weighted by atomic mass is 16.5. The minimum Gasteiger partial charge on any atom is -0.440 e. The number of ether oxygens (including phenoxy) is 1. The van der Waals surface area contributed by atoms with E-state index in [2.05, 4.69) is 5.32 Å². The number of carbonyl (C=O) groups excluding carboxylic acids is 1. The van der Waals surface area contributed by atoms with Crippen LogP contribution in [0, 0.1) is 18.3 Å². The molecule has 1 atom stereocenters. The maximum Gasteiger partial charge on any atom is 0.344 e. The van der Waals surface area contributed by atoms with Crippen LogP contribution in [0.3, 0.4) is 0 Å². The number of carbonyl (C=O) groups is 1. The van der Waals surface area contributed by atoms with Crippen LogP contribution in [0.1, 0.15) is 16.9 Å². The molecule has 0 saturated carbocycles. The predicted octanol–water partition coefficient (Wildman–Crippen LogP) is 1.27. The summed E-state index contributed by atoms with van der Waals surface area (Å²) in [6.07, 6.45) is 0. The second kappa shape index (κ2) is 4.49. The van der Waals surface area contributed by atoms with Crippen molar-refractivity contribution in [3.05, 3.63) is 69.1 Å². The molecule has 0 radical (unpaired) electrons. The minimum atomic E-state index is -1.67. The third-order valence-electron chi connectivity index (χ3n) is 4.29. The number of anilines is 1. The molecule has 2 aromatic rings. The average molecular weight is 321 g/mol. The molecule has 118 valence electrons. The average Bonchev–Trinajstić information content (AvgIpc) is 2.80. The van der Waals surface area contributed by atoms with E-state index in [4.69, 9.17) is 14.9 Å². The van der Waals surface area contributed by atoms with E-state index in [0.717, 1.165) is 0 Å². The van der Waals surface area contributed by atoms with Crippen LogP contribution in [0.15, 0.2) is 51.0 Å². The second-order valence-electron chi connectivity index (χ2n) is 5.59. The van der Waals surface area contributed by atoms with E-state index in [9.17, 15) is 14.9 Å². The van der Waals surface area contributed by atoms with Crippen LogP contribution >= 0.6 is 0 Å². The fraction of sp³-hybridized carbons (Fsp3) is 0.118. The van der Waals surface area contributed by atoms with Crippen molar-refractivity contribution in [3.8, 4) is 11.8 Å². The quantitative estimate of drug-likeness (QED) is 0.754. The highest BCUT2D eigenvalue weighted by molar-refractivity contribution is 6.12. The van der Waals surface area contributed by atoms with Gasteiger partial charge in [-0.3, -0.25) is 4.79 Å². The molecule has 1 spiro atoms. The van der Waals surface area contributed by atoms with Gasteiger partial charge in [-0.15, -0.1) is 0 Å². The largest absolute Gasteiger partial charge is 0.440 e. The smallest absolute Gasteiger partial charge is 0.344 e. The Morgan fingerprint density at radius 3 is 2.79 bits per heavy atom. The van der Waals surface area contributed by atoms with Crippen LogP contribution in [0.5, 0.6) is 5.75 Å². The Balaban J connectivity index is 2.22. The van der Waals surface area contributed by atoms with Crippen molar-refractivity contribution in [1.82, 2.24) is 0 Å². The normalized spacial score (nSPS) is 20.9.